The van der Waals surface area contributed by atoms with Gasteiger partial charge < -0.3 is 4.98 Å². The lowest BCUT2D eigenvalue weighted by Crippen LogP contribution is -1.76. The van der Waals surface area contributed by atoms with Crippen molar-refractivity contribution in [3.63, 3.8) is 0 Å². The molecule has 0 unspecified atom stereocenters. The van der Waals surface area contributed by atoms with Gasteiger partial charge in [0, 0.05) is 22.0 Å². The maximum Gasteiger partial charge on any atom is 0.0999 e. The molecule has 0 fully saturated rings. The average Bonchev–Trinajstić information content (AvgIpc) is 2.60. The van der Waals surface area contributed by atoms with Crippen LogP contribution in [0, 0.1) is 11.3 Å². The van der Waals surface area contributed by atoms with Gasteiger partial charge in [0.05, 0.1) is 11.6 Å². The minimum Gasteiger partial charge on any atom is -0.360 e. The van der Waals surface area contributed by atoms with Crippen molar-refractivity contribution in [2.75, 3.05) is 6.26 Å². The van der Waals surface area contributed by atoms with E-state index in [4.69, 9.17) is 5.26 Å². The number of H-pyrrole nitrogens is 1. The first kappa shape index (κ1) is 8.21. The Bertz CT molecular complexity index is 479. The first-order valence-electron chi connectivity index (χ1n) is 3.91. The van der Waals surface area contributed by atoms with Crippen LogP contribution in [-0.4, -0.2) is 11.2 Å². The van der Waals surface area contributed by atoms with E-state index in [0.29, 0.717) is 0 Å². The van der Waals surface area contributed by atoms with Crippen LogP contribution in [-0.2, 0) is 0 Å². The van der Waals surface area contributed by atoms with Crippen molar-refractivity contribution in [1.29, 1.82) is 5.26 Å². The van der Waals surface area contributed by atoms with Gasteiger partial charge in [0.25, 0.3) is 0 Å². The Balaban J connectivity index is 2.85. The highest BCUT2D eigenvalue weighted by molar-refractivity contribution is 7.98. The van der Waals surface area contributed by atoms with Crippen LogP contribution in [0.5, 0.6) is 0 Å². The van der Waals surface area contributed by atoms with Crippen LogP contribution >= 0.6 is 11.8 Å². The largest absolute Gasteiger partial charge is 0.360 e. The van der Waals surface area contributed by atoms with E-state index >= 15 is 0 Å². The van der Waals surface area contributed by atoms with Gasteiger partial charge in [0.1, 0.15) is 0 Å². The number of benzene rings is 1. The number of aromatic amines is 1. The second-order valence-corrected chi connectivity index (χ2v) is 3.55. The molecule has 0 radical (unpaired) electrons. The number of hydrogen-bond acceptors (Lipinski definition) is 2. The Morgan fingerprint density at radius 2 is 2.31 bits per heavy atom. The Labute approximate surface area is 80.6 Å². The molecule has 2 nitrogen and oxygen atoms in total. The Hall–Kier alpha value is -1.40. The van der Waals surface area contributed by atoms with Gasteiger partial charge in [-0.25, -0.2) is 0 Å². The molecule has 1 aromatic carbocycles. The lowest BCUT2D eigenvalue weighted by molar-refractivity contribution is 1.42. The fraction of sp³-hybridized carbons (Fsp3) is 0.100. The van der Waals surface area contributed by atoms with Crippen LogP contribution in [0.2, 0.25) is 0 Å². The van der Waals surface area contributed by atoms with Crippen molar-refractivity contribution in [2.24, 2.45) is 0 Å². The normalized spacial score (nSPS) is 10.2. The summed E-state index contributed by atoms with van der Waals surface area (Å²) in [6.07, 6.45) is 3.95. The van der Waals surface area contributed by atoms with Crippen LogP contribution in [0.15, 0.2) is 29.3 Å². The summed E-state index contributed by atoms with van der Waals surface area (Å²) in [6.45, 7) is 0. The van der Waals surface area contributed by atoms with Gasteiger partial charge >= 0.3 is 0 Å². The maximum atomic E-state index is 8.90. The van der Waals surface area contributed by atoms with E-state index in [9.17, 15) is 0 Å². The second-order valence-electron chi connectivity index (χ2n) is 2.70. The predicted octanol–water partition coefficient (Wildman–Crippen LogP) is 2.76. The fourth-order valence-corrected chi connectivity index (χ4v) is 2.01. The molecule has 1 N–H and O–H groups in total. The molecule has 13 heavy (non-hydrogen) atoms. The van der Waals surface area contributed by atoms with Gasteiger partial charge in [0.2, 0.25) is 0 Å². The van der Waals surface area contributed by atoms with Gasteiger partial charge in [-0.15, -0.1) is 11.8 Å². The molecule has 64 valence electrons. The molecule has 3 heteroatoms. The van der Waals surface area contributed by atoms with Gasteiger partial charge in [-0.3, -0.25) is 0 Å². The van der Waals surface area contributed by atoms with Crippen molar-refractivity contribution in [3.8, 4) is 6.07 Å². The second kappa shape index (κ2) is 3.15. The number of nitrogens with one attached hydrogen (secondary N) is 1. The molecule has 1 aromatic heterocycles. The number of fused-ring (bicyclic) bond motifs is 1. The molecular formula is C10H8N2S. The summed E-state index contributed by atoms with van der Waals surface area (Å²) < 4.78 is 0. The summed E-state index contributed by atoms with van der Waals surface area (Å²) in [7, 11) is 0. The third kappa shape index (κ3) is 1.20. The van der Waals surface area contributed by atoms with Crippen LogP contribution in [0.4, 0.5) is 0 Å². The highest BCUT2D eigenvalue weighted by Gasteiger charge is 2.06. The lowest BCUT2D eigenvalue weighted by atomic mass is 10.1. The standard InChI is InChI=1S/C10H8N2S/c1-13-9-6-12-8-4-2-3-7(5-11)10(8)9/h2-4,6,12H,1H3. The van der Waals surface area contributed by atoms with Gasteiger partial charge in [-0.2, -0.15) is 5.26 Å². The summed E-state index contributed by atoms with van der Waals surface area (Å²) in [5, 5.41) is 9.94. The quantitative estimate of drug-likeness (QED) is 0.699. The highest BCUT2D eigenvalue weighted by Crippen LogP contribution is 2.28. The molecule has 0 atom stereocenters. The molecule has 0 amide bonds. The van der Waals surface area contributed by atoms with Gasteiger partial charge in [0.15, 0.2) is 0 Å². The summed E-state index contributed by atoms with van der Waals surface area (Å²) in [5.74, 6) is 0. The van der Waals surface area contributed by atoms with E-state index in [0.717, 1.165) is 21.4 Å². The monoisotopic (exact) mass is 188 g/mol. The molecule has 0 spiro atoms. The van der Waals surface area contributed by atoms with Crippen LogP contribution < -0.4 is 0 Å². The molecule has 1 heterocycles. The smallest absolute Gasteiger partial charge is 0.0999 e. The molecular weight excluding hydrogens is 180 g/mol. The maximum absolute atomic E-state index is 8.90. The van der Waals surface area contributed by atoms with Gasteiger partial charge in [-0.1, -0.05) is 6.07 Å². The molecule has 0 aliphatic carbocycles. The summed E-state index contributed by atoms with van der Waals surface area (Å²) in [5.41, 5.74) is 1.77. The van der Waals surface area contributed by atoms with E-state index in [-0.39, 0.29) is 0 Å². The molecule has 0 aliphatic rings. The van der Waals surface area contributed by atoms with Crippen LogP contribution in [0.3, 0.4) is 0 Å². The number of nitrogens with zero attached hydrogens (tertiary/aromatic N) is 1. The first-order valence-corrected chi connectivity index (χ1v) is 5.13. The SMILES string of the molecule is CSc1c[nH]c2cccc(C#N)c12. The van der Waals surface area contributed by atoms with Crippen molar-refractivity contribution in [1.82, 2.24) is 4.98 Å². The minimum atomic E-state index is 0.739. The number of aromatic nitrogens is 1. The topological polar surface area (TPSA) is 39.6 Å². The minimum absolute atomic E-state index is 0.739. The van der Waals surface area contributed by atoms with E-state index in [1.165, 1.54) is 0 Å². The third-order valence-corrected chi connectivity index (χ3v) is 2.77. The van der Waals surface area contributed by atoms with E-state index in [1.54, 1.807) is 11.8 Å². The predicted molar refractivity (Wildman–Crippen MR) is 54.8 cm³/mol. The van der Waals surface area contributed by atoms with Crippen molar-refractivity contribution in [3.05, 3.63) is 30.0 Å². The van der Waals surface area contributed by atoms with Crippen molar-refractivity contribution in [2.45, 2.75) is 4.90 Å². The average molecular weight is 188 g/mol. The number of thioether (sulfide) groups is 1. The molecule has 0 saturated carbocycles. The molecule has 0 bridgehead atoms. The van der Waals surface area contributed by atoms with Crippen molar-refractivity contribution < 1.29 is 0 Å². The Kier molecular flexibility index (Phi) is 1.99. The molecule has 2 rings (SSSR count). The van der Waals surface area contributed by atoms with Crippen molar-refractivity contribution >= 4 is 22.7 Å². The van der Waals surface area contributed by atoms with Crippen LogP contribution in [0.1, 0.15) is 5.56 Å². The zero-order chi connectivity index (χ0) is 9.26. The Morgan fingerprint density at radius 3 is 3.00 bits per heavy atom. The lowest BCUT2D eigenvalue weighted by Gasteiger charge is -1.95. The summed E-state index contributed by atoms with van der Waals surface area (Å²) in [6, 6.07) is 7.91. The Morgan fingerprint density at radius 1 is 1.46 bits per heavy atom. The van der Waals surface area contributed by atoms with Gasteiger partial charge in [-0.05, 0) is 18.4 Å². The molecule has 0 saturated heterocycles. The van der Waals surface area contributed by atoms with E-state index in [2.05, 4.69) is 11.1 Å². The fourth-order valence-electron chi connectivity index (χ4n) is 1.41. The number of nitriles is 1. The molecule has 2 aromatic rings. The van der Waals surface area contributed by atoms with Crippen LogP contribution in [0.25, 0.3) is 10.9 Å². The zero-order valence-electron chi connectivity index (χ0n) is 7.16. The summed E-state index contributed by atoms with van der Waals surface area (Å²) >= 11 is 1.65. The number of hydrogen-bond donors (Lipinski definition) is 1. The summed E-state index contributed by atoms with van der Waals surface area (Å²) in [4.78, 5) is 4.27. The number of rotatable bonds is 1. The molecule has 0 aliphatic heterocycles. The zero-order valence-corrected chi connectivity index (χ0v) is 7.98. The van der Waals surface area contributed by atoms with E-state index in [1.807, 2.05) is 30.7 Å². The van der Waals surface area contributed by atoms with E-state index < -0.39 is 0 Å². The first-order chi connectivity index (χ1) is 6.36. The highest BCUT2D eigenvalue weighted by atomic mass is 32.2. The third-order valence-electron chi connectivity index (χ3n) is 2.01.